The molecule has 0 radical (unpaired) electrons. The van der Waals surface area contributed by atoms with Crippen LogP contribution in [0.2, 0.25) is 0 Å². The number of amides is 1. The molecule has 6 heteroatoms. The number of nitrogens with zero attached hydrogens (tertiary/aromatic N) is 2. The fourth-order valence-electron chi connectivity index (χ4n) is 2.12. The van der Waals surface area contributed by atoms with E-state index in [1.807, 2.05) is 25.4 Å². The molecule has 1 N–H and O–H groups in total. The molecule has 0 atom stereocenters. The smallest absolute Gasteiger partial charge is 0.244 e. The topological polar surface area (TPSA) is 65.4 Å². The van der Waals surface area contributed by atoms with Crippen LogP contribution in [0.1, 0.15) is 11.1 Å². The van der Waals surface area contributed by atoms with Crippen molar-refractivity contribution in [2.24, 2.45) is 7.05 Å². The van der Waals surface area contributed by atoms with Gasteiger partial charge in [-0.15, -0.1) is 0 Å². The van der Waals surface area contributed by atoms with Gasteiger partial charge in [-0.1, -0.05) is 6.07 Å². The first-order valence-electron chi connectivity index (χ1n) is 7.28. The molecule has 0 unspecified atom stereocenters. The maximum absolute atomic E-state index is 11.8. The summed E-state index contributed by atoms with van der Waals surface area (Å²) in [6.07, 6.45) is 7.73. The van der Waals surface area contributed by atoms with E-state index in [4.69, 9.17) is 9.47 Å². The molecule has 2 rings (SSSR count). The molecule has 0 aliphatic carbocycles. The lowest BCUT2D eigenvalue weighted by Crippen LogP contribution is -2.23. The van der Waals surface area contributed by atoms with E-state index in [2.05, 4.69) is 10.4 Å². The van der Waals surface area contributed by atoms with Gasteiger partial charge in [-0.05, 0) is 35.8 Å². The van der Waals surface area contributed by atoms with Crippen LogP contribution in [0.25, 0.3) is 6.08 Å². The summed E-state index contributed by atoms with van der Waals surface area (Å²) < 4.78 is 12.2. The third-order valence-corrected chi connectivity index (χ3v) is 3.31. The molecule has 1 heterocycles. The summed E-state index contributed by atoms with van der Waals surface area (Å²) in [5.41, 5.74) is 1.96. The molecule has 0 saturated carbocycles. The number of benzene rings is 1. The summed E-state index contributed by atoms with van der Waals surface area (Å²) in [4.78, 5) is 11.8. The molecule has 0 aliphatic rings. The number of aryl methyl sites for hydroxylation is 1. The molecule has 23 heavy (non-hydrogen) atoms. The minimum atomic E-state index is -0.135. The van der Waals surface area contributed by atoms with E-state index in [0.717, 1.165) is 17.5 Å². The maximum atomic E-state index is 11.8. The Balaban J connectivity index is 1.85. The SMILES string of the molecule is COc1ccc(/C=C\C(=O)NCCc2cnn(C)c2)cc1OC. The Bertz CT molecular complexity index is 692. The number of hydrogen-bond donors (Lipinski definition) is 1. The first kappa shape index (κ1) is 16.6. The Labute approximate surface area is 135 Å². The lowest BCUT2D eigenvalue weighted by Gasteiger charge is -2.07. The Morgan fingerprint density at radius 2 is 2.09 bits per heavy atom. The molecule has 6 nitrogen and oxygen atoms in total. The van der Waals surface area contributed by atoms with Crippen LogP contribution in [-0.2, 0) is 18.3 Å². The van der Waals surface area contributed by atoms with Crippen molar-refractivity contribution in [3.8, 4) is 11.5 Å². The summed E-state index contributed by atoms with van der Waals surface area (Å²) in [6, 6.07) is 5.48. The van der Waals surface area contributed by atoms with E-state index in [0.29, 0.717) is 18.0 Å². The average molecular weight is 315 g/mol. The molecule has 1 aromatic heterocycles. The standard InChI is InChI=1S/C17H21N3O3/c1-20-12-14(11-19-20)8-9-18-17(21)7-5-13-4-6-15(22-2)16(10-13)23-3/h4-7,10-12H,8-9H2,1-3H3,(H,18,21)/b7-5-. The number of carbonyl (C=O) groups is 1. The van der Waals surface area contributed by atoms with Gasteiger partial charge < -0.3 is 14.8 Å². The molecule has 0 spiro atoms. The molecule has 2 aromatic rings. The van der Waals surface area contributed by atoms with Crippen molar-refractivity contribution in [1.82, 2.24) is 15.1 Å². The van der Waals surface area contributed by atoms with E-state index < -0.39 is 0 Å². The predicted molar refractivity (Wildman–Crippen MR) is 88.5 cm³/mol. The highest BCUT2D eigenvalue weighted by atomic mass is 16.5. The molecular weight excluding hydrogens is 294 g/mol. The lowest BCUT2D eigenvalue weighted by molar-refractivity contribution is -0.116. The molecular formula is C17H21N3O3. The Morgan fingerprint density at radius 3 is 2.74 bits per heavy atom. The van der Waals surface area contributed by atoms with Gasteiger partial charge in [0.05, 0.1) is 20.4 Å². The van der Waals surface area contributed by atoms with Crippen LogP contribution in [-0.4, -0.2) is 36.5 Å². The Kier molecular flexibility index (Phi) is 5.80. The van der Waals surface area contributed by atoms with E-state index in [1.165, 1.54) is 6.08 Å². The first-order valence-corrected chi connectivity index (χ1v) is 7.28. The molecule has 0 aliphatic heterocycles. The molecule has 1 amide bonds. The zero-order valence-corrected chi connectivity index (χ0v) is 13.6. The van der Waals surface area contributed by atoms with Crippen molar-refractivity contribution in [3.63, 3.8) is 0 Å². The zero-order valence-electron chi connectivity index (χ0n) is 13.6. The van der Waals surface area contributed by atoms with Crippen LogP contribution >= 0.6 is 0 Å². The second-order valence-corrected chi connectivity index (χ2v) is 5.01. The van der Waals surface area contributed by atoms with Crippen molar-refractivity contribution in [2.75, 3.05) is 20.8 Å². The number of methoxy groups -OCH3 is 2. The highest BCUT2D eigenvalue weighted by Crippen LogP contribution is 2.27. The number of nitrogens with one attached hydrogen (secondary N) is 1. The van der Waals surface area contributed by atoms with Crippen LogP contribution in [0.5, 0.6) is 11.5 Å². The molecule has 1 aromatic carbocycles. The highest BCUT2D eigenvalue weighted by molar-refractivity contribution is 5.91. The minimum absolute atomic E-state index is 0.135. The summed E-state index contributed by atoms with van der Waals surface area (Å²) in [6.45, 7) is 0.570. The van der Waals surface area contributed by atoms with Gasteiger partial charge in [0, 0.05) is 25.9 Å². The van der Waals surface area contributed by atoms with E-state index in [-0.39, 0.29) is 5.91 Å². The fraction of sp³-hybridized carbons (Fsp3) is 0.294. The van der Waals surface area contributed by atoms with Crippen LogP contribution < -0.4 is 14.8 Å². The average Bonchev–Trinajstić information content (AvgIpc) is 2.98. The van der Waals surface area contributed by atoms with Gasteiger partial charge in [-0.3, -0.25) is 9.48 Å². The Morgan fingerprint density at radius 1 is 1.30 bits per heavy atom. The third kappa shape index (κ3) is 4.88. The number of aromatic nitrogens is 2. The van der Waals surface area contributed by atoms with Crippen LogP contribution in [0.3, 0.4) is 0 Å². The second-order valence-electron chi connectivity index (χ2n) is 5.01. The number of hydrogen-bond acceptors (Lipinski definition) is 4. The molecule has 0 fully saturated rings. The summed E-state index contributed by atoms with van der Waals surface area (Å²) >= 11 is 0. The van der Waals surface area contributed by atoms with Gasteiger partial charge in [0.1, 0.15) is 0 Å². The van der Waals surface area contributed by atoms with Gasteiger partial charge in [-0.25, -0.2) is 0 Å². The zero-order chi connectivity index (χ0) is 16.7. The van der Waals surface area contributed by atoms with Crippen molar-refractivity contribution >= 4 is 12.0 Å². The van der Waals surface area contributed by atoms with Crippen LogP contribution in [0.4, 0.5) is 0 Å². The molecule has 122 valence electrons. The Hall–Kier alpha value is -2.76. The van der Waals surface area contributed by atoms with E-state index in [1.54, 1.807) is 37.2 Å². The van der Waals surface area contributed by atoms with Crippen LogP contribution in [0.15, 0.2) is 36.7 Å². The maximum Gasteiger partial charge on any atom is 0.244 e. The fourth-order valence-corrected chi connectivity index (χ4v) is 2.12. The second kappa shape index (κ2) is 8.03. The van der Waals surface area contributed by atoms with Crippen molar-refractivity contribution in [1.29, 1.82) is 0 Å². The van der Waals surface area contributed by atoms with Gasteiger partial charge in [0.25, 0.3) is 0 Å². The monoisotopic (exact) mass is 315 g/mol. The van der Waals surface area contributed by atoms with Crippen molar-refractivity contribution < 1.29 is 14.3 Å². The van der Waals surface area contributed by atoms with Gasteiger partial charge in [0.15, 0.2) is 11.5 Å². The molecule has 0 saturated heterocycles. The summed E-state index contributed by atoms with van der Waals surface area (Å²) in [5, 5.41) is 6.93. The van der Waals surface area contributed by atoms with E-state index >= 15 is 0 Å². The number of ether oxygens (including phenoxy) is 2. The quantitative estimate of drug-likeness (QED) is 0.792. The minimum Gasteiger partial charge on any atom is -0.493 e. The number of rotatable bonds is 7. The van der Waals surface area contributed by atoms with Gasteiger partial charge in [0.2, 0.25) is 5.91 Å². The van der Waals surface area contributed by atoms with E-state index in [9.17, 15) is 4.79 Å². The third-order valence-electron chi connectivity index (χ3n) is 3.31. The van der Waals surface area contributed by atoms with Gasteiger partial charge >= 0.3 is 0 Å². The van der Waals surface area contributed by atoms with Crippen molar-refractivity contribution in [2.45, 2.75) is 6.42 Å². The lowest BCUT2D eigenvalue weighted by atomic mass is 10.2. The largest absolute Gasteiger partial charge is 0.493 e. The predicted octanol–water partition coefficient (Wildman–Crippen LogP) is 1.81. The molecule has 0 bridgehead atoms. The normalized spacial score (nSPS) is 10.7. The first-order chi connectivity index (χ1) is 11.1. The highest BCUT2D eigenvalue weighted by Gasteiger charge is 2.03. The summed E-state index contributed by atoms with van der Waals surface area (Å²) in [5.74, 6) is 1.15. The van der Waals surface area contributed by atoms with Gasteiger partial charge in [-0.2, -0.15) is 5.10 Å². The van der Waals surface area contributed by atoms with Crippen LogP contribution in [0, 0.1) is 0 Å². The summed E-state index contributed by atoms with van der Waals surface area (Å²) in [7, 11) is 5.04. The van der Waals surface area contributed by atoms with Crippen molar-refractivity contribution in [3.05, 3.63) is 47.8 Å². The number of carbonyl (C=O) groups excluding carboxylic acids is 1.